The molecule has 1 aromatic carbocycles. The van der Waals surface area contributed by atoms with Gasteiger partial charge in [-0.15, -0.1) is 11.3 Å². The number of aliphatic hydroxyl groups excluding tert-OH is 1. The van der Waals surface area contributed by atoms with E-state index in [0.29, 0.717) is 45.6 Å². The van der Waals surface area contributed by atoms with Crippen LogP contribution in [0.4, 0.5) is 0 Å². The van der Waals surface area contributed by atoms with Crippen molar-refractivity contribution >= 4 is 27.5 Å². The van der Waals surface area contributed by atoms with Crippen molar-refractivity contribution in [2.24, 2.45) is 0 Å². The van der Waals surface area contributed by atoms with Gasteiger partial charge in [-0.05, 0) is 43.9 Å². The Hall–Kier alpha value is -3.01. The van der Waals surface area contributed by atoms with Gasteiger partial charge in [-0.25, -0.2) is 9.78 Å². The molecule has 8 nitrogen and oxygen atoms in total. The average Bonchev–Trinajstić information content (AvgIpc) is 3.60. The average molecular weight is 484 g/mol. The molecule has 9 heteroatoms. The standard InChI is InChI=1S/C25H29N3O5S/c1-4-11-32-25(31)22-16(3)21-23(30)26-20(27-24(21)34-22)13-28(17-9-10-17)12-18(29)14-33-19-8-6-5-7-15(19)2/h4-8,17-18,29H,1,9-14H2,2-3H3,(H,26,27,30). The Balaban J connectivity index is 1.47. The topological polar surface area (TPSA) is 105 Å². The number of hydrogen-bond donors (Lipinski definition) is 2. The Labute approximate surface area is 201 Å². The van der Waals surface area contributed by atoms with Gasteiger partial charge in [0.25, 0.3) is 5.56 Å². The van der Waals surface area contributed by atoms with E-state index in [9.17, 15) is 14.7 Å². The molecule has 180 valence electrons. The van der Waals surface area contributed by atoms with Gasteiger partial charge in [0.15, 0.2) is 0 Å². The van der Waals surface area contributed by atoms with E-state index in [2.05, 4.69) is 21.4 Å². The van der Waals surface area contributed by atoms with Gasteiger partial charge in [0.1, 0.15) is 40.6 Å². The van der Waals surface area contributed by atoms with E-state index >= 15 is 0 Å². The van der Waals surface area contributed by atoms with Crippen LogP contribution in [-0.2, 0) is 11.3 Å². The quantitative estimate of drug-likeness (QED) is 0.318. The lowest BCUT2D eigenvalue weighted by atomic mass is 10.2. The Bertz CT molecular complexity index is 1250. The van der Waals surface area contributed by atoms with E-state index in [1.807, 2.05) is 31.2 Å². The highest BCUT2D eigenvalue weighted by Crippen LogP contribution is 2.30. The molecular weight excluding hydrogens is 454 g/mol. The minimum atomic E-state index is -0.689. The molecule has 1 aliphatic rings. The minimum Gasteiger partial charge on any atom is -0.491 e. The zero-order chi connectivity index (χ0) is 24.2. The summed E-state index contributed by atoms with van der Waals surface area (Å²) in [6.45, 7) is 8.31. The monoisotopic (exact) mass is 483 g/mol. The molecule has 0 bridgehead atoms. The van der Waals surface area contributed by atoms with Gasteiger partial charge < -0.3 is 19.6 Å². The summed E-state index contributed by atoms with van der Waals surface area (Å²) in [6.07, 6.45) is 2.88. The second-order valence-electron chi connectivity index (χ2n) is 8.53. The maximum absolute atomic E-state index is 12.8. The van der Waals surface area contributed by atoms with Crippen LogP contribution in [0, 0.1) is 13.8 Å². The van der Waals surface area contributed by atoms with Crippen LogP contribution in [0.5, 0.6) is 5.75 Å². The van der Waals surface area contributed by atoms with Crippen LogP contribution in [-0.4, -0.2) is 57.8 Å². The van der Waals surface area contributed by atoms with Crippen molar-refractivity contribution in [1.82, 2.24) is 14.9 Å². The molecule has 1 fully saturated rings. The second kappa shape index (κ2) is 10.5. The van der Waals surface area contributed by atoms with E-state index in [1.54, 1.807) is 6.92 Å². The van der Waals surface area contributed by atoms with Crippen LogP contribution in [0.3, 0.4) is 0 Å². The number of carbonyl (C=O) groups is 1. The lowest BCUT2D eigenvalue weighted by Gasteiger charge is -2.24. The van der Waals surface area contributed by atoms with Crippen molar-refractivity contribution in [2.75, 3.05) is 19.8 Å². The molecule has 0 amide bonds. The number of ether oxygens (including phenoxy) is 2. The van der Waals surface area contributed by atoms with Gasteiger partial charge in [-0.1, -0.05) is 30.9 Å². The van der Waals surface area contributed by atoms with Crippen LogP contribution in [0.2, 0.25) is 0 Å². The number of thiophene rings is 1. The highest BCUT2D eigenvalue weighted by molar-refractivity contribution is 7.20. The summed E-state index contributed by atoms with van der Waals surface area (Å²) in [5, 5.41) is 11.0. The molecule has 34 heavy (non-hydrogen) atoms. The number of aryl methyl sites for hydroxylation is 2. The molecular formula is C25H29N3O5S. The number of rotatable bonds is 11. The van der Waals surface area contributed by atoms with E-state index in [0.717, 1.165) is 35.5 Å². The number of benzene rings is 1. The third kappa shape index (κ3) is 5.55. The smallest absolute Gasteiger partial charge is 0.348 e. The first-order valence-corrected chi connectivity index (χ1v) is 12.1. The second-order valence-corrected chi connectivity index (χ2v) is 9.53. The van der Waals surface area contributed by atoms with Crippen molar-refractivity contribution < 1.29 is 19.4 Å². The van der Waals surface area contributed by atoms with Crippen molar-refractivity contribution in [3.8, 4) is 5.75 Å². The Kier molecular flexibility index (Phi) is 7.45. The molecule has 0 saturated heterocycles. The number of H-pyrrole nitrogens is 1. The Morgan fingerprint density at radius 1 is 1.38 bits per heavy atom. The summed E-state index contributed by atoms with van der Waals surface area (Å²) in [5.74, 6) is 0.771. The summed E-state index contributed by atoms with van der Waals surface area (Å²) in [4.78, 5) is 35.6. The maximum Gasteiger partial charge on any atom is 0.348 e. The molecule has 0 radical (unpaired) electrons. The predicted molar refractivity (Wildman–Crippen MR) is 132 cm³/mol. The number of aromatic nitrogens is 2. The van der Waals surface area contributed by atoms with Crippen molar-refractivity contribution in [3.05, 3.63) is 69.1 Å². The molecule has 0 spiro atoms. The van der Waals surface area contributed by atoms with Gasteiger partial charge >= 0.3 is 5.97 Å². The van der Waals surface area contributed by atoms with Crippen LogP contribution in [0.15, 0.2) is 41.7 Å². The maximum atomic E-state index is 12.8. The Morgan fingerprint density at radius 3 is 2.85 bits per heavy atom. The molecule has 2 N–H and O–H groups in total. The number of aliphatic hydroxyl groups is 1. The number of esters is 1. The van der Waals surface area contributed by atoms with Crippen molar-refractivity contribution in [3.63, 3.8) is 0 Å². The number of nitrogens with one attached hydrogen (secondary N) is 1. The van der Waals surface area contributed by atoms with Gasteiger partial charge in [0, 0.05) is 12.6 Å². The molecule has 2 aromatic heterocycles. The molecule has 2 heterocycles. The van der Waals surface area contributed by atoms with Crippen LogP contribution >= 0.6 is 11.3 Å². The Morgan fingerprint density at radius 2 is 2.15 bits per heavy atom. The summed E-state index contributed by atoms with van der Waals surface area (Å²) in [6, 6.07) is 8.03. The third-order valence-electron chi connectivity index (χ3n) is 5.75. The third-order valence-corrected chi connectivity index (χ3v) is 6.92. The number of nitrogens with zero attached hydrogens (tertiary/aromatic N) is 2. The van der Waals surface area contributed by atoms with Crippen molar-refractivity contribution in [2.45, 2.75) is 45.4 Å². The fourth-order valence-electron chi connectivity index (χ4n) is 3.86. The fourth-order valence-corrected chi connectivity index (χ4v) is 4.96. The predicted octanol–water partition coefficient (Wildman–Crippen LogP) is 3.35. The SMILES string of the molecule is C=CCOC(=O)c1sc2nc(CN(CC(O)COc3ccccc3C)C3CC3)[nH]c(=O)c2c1C. The number of para-hydroxylation sites is 1. The van der Waals surface area contributed by atoms with Gasteiger partial charge in [0.2, 0.25) is 0 Å². The van der Waals surface area contributed by atoms with Gasteiger partial charge in [-0.2, -0.15) is 0 Å². The molecule has 1 atom stereocenters. The first kappa shape index (κ1) is 24.1. The minimum absolute atomic E-state index is 0.105. The highest BCUT2D eigenvalue weighted by atomic mass is 32.1. The molecule has 1 unspecified atom stereocenters. The van der Waals surface area contributed by atoms with E-state index in [1.165, 1.54) is 6.08 Å². The van der Waals surface area contributed by atoms with E-state index in [4.69, 9.17) is 9.47 Å². The van der Waals surface area contributed by atoms with Crippen LogP contribution < -0.4 is 10.3 Å². The number of carbonyl (C=O) groups excluding carboxylic acids is 1. The van der Waals surface area contributed by atoms with Crippen molar-refractivity contribution in [1.29, 1.82) is 0 Å². The molecule has 1 saturated carbocycles. The normalized spacial score (nSPS) is 14.4. The number of aromatic amines is 1. The van der Waals surface area contributed by atoms with E-state index in [-0.39, 0.29) is 18.8 Å². The summed E-state index contributed by atoms with van der Waals surface area (Å²) in [5.41, 5.74) is 1.30. The fraction of sp³-hybridized carbons (Fsp3) is 0.400. The van der Waals surface area contributed by atoms with Gasteiger partial charge in [0.05, 0.1) is 11.9 Å². The summed E-state index contributed by atoms with van der Waals surface area (Å²) >= 11 is 1.16. The molecule has 1 aliphatic carbocycles. The molecule has 4 rings (SSSR count). The van der Waals surface area contributed by atoms with Crippen LogP contribution in [0.1, 0.15) is 39.5 Å². The first-order valence-electron chi connectivity index (χ1n) is 11.3. The summed E-state index contributed by atoms with van der Waals surface area (Å²) in [7, 11) is 0. The largest absolute Gasteiger partial charge is 0.491 e. The summed E-state index contributed by atoms with van der Waals surface area (Å²) < 4.78 is 10.9. The highest BCUT2D eigenvalue weighted by Gasteiger charge is 2.31. The molecule has 3 aromatic rings. The first-order chi connectivity index (χ1) is 16.4. The molecule has 0 aliphatic heterocycles. The lowest BCUT2D eigenvalue weighted by Crippen LogP contribution is -2.37. The number of hydrogen-bond acceptors (Lipinski definition) is 8. The zero-order valence-electron chi connectivity index (χ0n) is 19.4. The van der Waals surface area contributed by atoms with E-state index < -0.39 is 12.1 Å². The van der Waals surface area contributed by atoms with Crippen LogP contribution in [0.25, 0.3) is 10.2 Å². The van der Waals surface area contributed by atoms with Gasteiger partial charge in [-0.3, -0.25) is 9.69 Å². The zero-order valence-corrected chi connectivity index (χ0v) is 20.2. The number of fused-ring (bicyclic) bond motifs is 1. The lowest BCUT2D eigenvalue weighted by molar-refractivity contribution is 0.0554.